The van der Waals surface area contributed by atoms with Crippen LogP contribution in [0.25, 0.3) is 11.4 Å². The number of nitrogens with zero attached hydrogens (tertiary/aromatic N) is 5. The fourth-order valence-corrected chi connectivity index (χ4v) is 2.41. The Hall–Kier alpha value is -2.06. The van der Waals surface area contributed by atoms with Crippen molar-refractivity contribution in [3.63, 3.8) is 0 Å². The number of carbonyl (C=O) groups excluding carboxylic acids is 1. The van der Waals surface area contributed by atoms with E-state index in [0.29, 0.717) is 18.0 Å². The minimum atomic E-state index is -0.0145. The Balaban J connectivity index is 2.12. The van der Waals surface area contributed by atoms with Gasteiger partial charge in [0.15, 0.2) is 10.6 Å². The minimum Gasteiger partial charge on any atom is -0.353 e. The van der Waals surface area contributed by atoms with E-state index in [1.54, 1.807) is 17.1 Å². The fraction of sp³-hybridized carbons (Fsp3) is 0.467. The van der Waals surface area contributed by atoms with Crippen molar-refractivity contribution in [2.75, 3.05) is 13.6 Å². The van der Waals surface area contributed by atoms with Crippen LogP contribution in [-0.4, -0.2) is 49.8 Å². The summed E-state index contributed by atoms with van der Waals surface area (Å²) in [6.07, 6.45) is 3.44. The summed E-state index contributed by atoms with van der Waals surface area (Å²) < 4.78 is 4.17. The van der Waals surface area contributed by atoms with Crippen molar-refractivity contribution in [2.24, 2.45) is 7.05 Å². The van der Waals surface area contributed by atoms with E-state index in [4.69, 9.17) is 12.2 Å². The number of amides is 1. The van der Waals surface area contributed by atoms with Crippen molar-refractivity contribution in [2.45, 2.75) is 26.6 Å². The molecule has 0 aliphatic carbocycles. The highest BCUT2D eigenvalue weighted by molar-refractivity contribution is 7.71. The van der Waals surface area contributed by atoms with Crippen LogP contribution in [0.2, 0.25) is 0 Å². The molecule has 0 aliphatic rings. The summed E-state index contributed by atoms with van der Waals surface area (Å²) in [5.41, 5.74) is 0.951. The molecule has 0 spiro atoms. The molecule has 0 fully saturated rings. The lowest BCUT2D eigenvalue weighted by molar-refractivity contribution is -0.122. The maximum atomic E-state index is 11.8. The van der Waals surface area contributed by atoms with Gasteiger partial charge in [-0.3, -0.25) is 14.7 Å². The zero-order valence-corrected chi connectivity index (χ0v) is 14.7. The zero-order chi connectivity index (χ0) is 17.0. The molecule has 7 nitrogen and oxygen atoms in total. The SMILES string of the molecule is CC(C)NC(=O)CN(C)Cn1nc(-c2ccncc2)n(C)c1=S. The maximum Gasteiger partial charge on any atom is 0.234 e. The molecular weight excluding hydrogens is 312 g/mol. The van der Waals surface area contributed by atoms with Crippen LogP contribution in [0.1, 0.15) is 13.8 Å². The van der Waals surface area contributed by atoms with Crippen molar-refractivity contribution in [1.29, 1.82) is 0 Å². The first-order chi connectivity index (χ1) is 10.9. The van der Waals surface area contributed by atoms with Gasteiger partial charge in [-0.25, -0.2) is 4.68 Å². The predicted octanol–water partition coefficient (Wildman–Crippen LogP) is 1.43. The van der Waals surface area contributed by atoms with Gasteiger partial charge in [0.25, 0.3) is 0 Å². The zero-order valence-electron chi connectivity index (χ0n) is 13.9. The maximum absolute atomic E-state index is 11.8. The third-order valence-electron chi connectivity index (χ3n) is 3.22. The van der Waals surface area contributed by atoms with Crippen molar-refractivity contribution in [1.82, 2.24) is 29.5 Å². The van der Waals surface area contributed by atoms with E-state index in [1.165, 1.54) is 0 Å². The normalized spacial score (nSPS) is 11.2. The van der Waals surface area contributed by atoms with Crippen molar-refractivity contribution < 1.29 is 4.79 Å². The monoisotopic (exact) mass is 334 g/mol. The summed E-state index contributed by atoms with van der Waals surface area (Å²) in [5.74, 6) is 0.761. The predicted molar refractivity (Wildman–Crippen MR) is 91.2 cm³/mol. The van der Waals surface area contributed by atoms with Crippen LogP contribution in [-0.2, 0) is 18.5 Å². The number of likely N-dealkylation sites (N-methyl/N-ethyl adjacent to an activating group) is 1. The highest BCUT2D eigenvalue weighted by Crippen LogP contribution is 2.15. The number of pyridine rings is 1. The third-order valence-corrected chi connectivity index (χ3v) is 3.70. The van der Waals surface area contributed by atoms with Crippen LogP contribution in [0.4, 0.5) is 0 Å². The van der Waals surface area contributed by atoms with Gasteiger partial charge in [-0.05, 0) is 45.2 Å². The molecule has 0 radical (unpaired) electrons. The van der Waals surface area contributed by atoms with Crippen molar-refractivity contribution in [3.05, 3.63) is 29.3 Å². The Kier molecular flexibility index (Phi) is 5.62. The molecule has 2 heterocycles. The Labute approximate surface area is 140 Å². The van der Waals surface area contributed by atoms with Gasteiger partial charge in [0.05, 0.1) is 13.2 Å². The average Bonchev–Trinajstić information content (AvgIpc) is 2.75. The number of hydrogen-bond acceptors (Lipinski definition) is 5. The molecule has 0 saturated heterocycles. The Morgan fingerprint density at radius 2 is 2.04 bits per heavy atom. The van der Waals surface area contributed by atoms with Gasteiger partial charge < -0.3 is 9.88 Å². The van der Waals surface area contributed by atoms with Gasteiger partial charge in [0.1, 0.15) is 0 Å². The highest BCUT2D eigenvalue weighted by Gasteiger charge is 2.13. The summed E-state index contributed by atoms with van der Waals surface area (Å²) in [6.45, 7) is 4.62. The molecule has 0 bridgehead atoms. The summed E-state index contributed by atoms with van der Waals surface area (Å²) in [7, 11) is 3.75. The molecule has 0 saturated carbocycles. The molecule has 23 heavy (non-hydrogen) atoms. The minimum absolute atomic E-state index is 0.0145. The molecule has 2 rings (SSSR count). The van der Waals surface area contributed by atoms with Gasteiger partial charge in [-0.15, -0.1) is 0 Å². The molecule has 0 atom stereocenters. The number of aromatic nitrogens is 4. The quantitative estimate of drug-likeness (QED) is 0.810. The van der Waals surface area contributed by atoms with Gasteiger partial charge in [-0.2, -0.15) is 5.10 Å². The summed E-state index contributed by atoms with van der Waals surface area (Å²) in [4.78, 5) is 17.7. The molecule has 0 aromatic carbocycles. The van der Waals surface area contributed by atoms with Crippen LogP contribution >= 0.6 is 12.2 Å². The van der Waals surface area contributed by atoms with Gasteiger partial charge >= 0.3 is 0 Å². The average molecular weight is 334 g/mol. The van der Waals surface area contributed by atoms with Gasteiger partial charge in [-0.1, -0.05) is 0 Å². The van der Waals surface area contributed by atoms with Crippen LogP contribution in [0.5, 0.6) is 0 Å². The number of nitrogens with one attached hydrogen (secondary N) is 1. The Morgan fingerprint density at radius 3 is 2.65 bits per heavy atom. The second-order valence-corrected chi connectivity index (χ2v) is 6.14. The topological polar surface area (TPSA) is 68.0 Å². The summed E-state index contributed by atoms with van der Waals surface area (Å²) >= 11 is 5.44. The molecule has 1 N–H and O–H groups in total. The third kappa shape index (κ3) is 4.46. The summed E-state index contributed by atoms with van der Waals surface area (Å²) in [5, 5.41) is 7.43. The highest BCUT2D eigenvalue weighted by atomic mass is 32.1. The van der Waals surface area contributed by atoms with Crippen LogP contribution in [0, 0.1) is 4.77 Å². The second kappa shape index (κ2) is 7.47. The lowest BCUT2D eigenvalue weighted by atomic mass is 10.2. The molecule has 8 heteroatoms. The van der Waals surface area contributed by atoms with Crippen LogP contribution in [0.3, 0.4) is 0 Å². The molecule has 0 unspecified atom stereocenters. The lowest BCUT2D eigenvalue weighted by Crippen LogP contribution is -2.39. The smallest absolute Gasteiger partial charge is 0.234 e. The first-order valence-corrected chi connectivity index (χ1v) is 7.81. The number of carbonyl (C=O) groups is 1. The van der Waals surface area contributed by atoms with E-state index in [0.717, 1.165) is 11.4 Å². The van der Waals surface area contributed by atoms with Gasteiger partial charge in [0, 0.05) is 31.0 Å². The van der Waals surface area contributed by atoms with Crippen LogP contribution in [0.15, 0.2) is 24.5 Å². The Morgan fingerprint density at radius 1 is 1.39 bits per heavy atom. The standard InChI is InChI=1S/C15H22N6OS/c1-11(2)17-13(22)9-19(3)10-21-15(23)20(4)14(18-21)12-5-7-16-8-6-12/h5-8,11H,9-10H2,1-4H3,(H,17,22). The summed E-state index contributed by atoms with van der Waals surface area (Å²) in [6, 6.07) is 3.91. The molecule has 0 aliphatic heterocycles. The second-order valence-electron chi connectivity index (χ2n) is 5.78. The molecule has 124 valence electrons. The Bertz CT molecular complexity index is 721. The van der Waals surface area contributed by atoms with E-state index in [9.17, 15) is 4.79 Å². The first kappa shape index (κ1) is 17.3. The van der Waals surface area contributed by atoms with E-state index < -0.39 is 0 Å². The van der Waals surface area contributed by atoms with E-state index >= 15 is 0 Å². The lowest BCUT2D eigenvalue weighted by Gasteiger charge is -2.17. The van der Waals surface area contributed by atoms with E-state index in [-0.39, 0.29) is 11.9 Å². The van der Waals surface area contributed by atoms with Crippen molar-refractivity contribution >= 4 is 18.1 Å². The van der Waals surface area contributed by atoms with Gasteiger partial charge in [0.2, 0.25) is 5.91 Å². The van der Waals surface area contributed by atoms with E-state index in [1.807, 2.05) is 49.5 Å². The van der Waals surface area contributed by atoms with Crippen molar-refractivity contribution in [3.8, 4) is 11.4 Å². The molecule has 1 amide bonds. The number of rotatable bonds is 6. The van der Waals surface area contributed by atoms with Crippen LogP contribution < -0.4 is 5.32 Å². The van der Waals surface area contributed by atoms with E-state index in [2.05, 4.69) is 15.4 Å². The molecule has 2 aromatic heterocycles. The fourth-order valence-electron chi connectivity index (χ4n) is 2.22. The molecule has 2 aromatic rings. The number of hydrogen-bond donors (Lipinski definition) is 1. The molecular formula is C15H22N6OS. The largest absolute Gasteiger partial charge is 0.353 e. The first-order valence-electron chi connectivity index (χ1n) is 7.40.